The highest BCUT2D eigenvalue weighted by molar-refractivity contribution is 5.14. The van der Waals surface area contributed by atoms with E-state index >= 15 is 0 Å². The molecule has 0 aliphatic rings. The van der Waals surface area contributed by atoms with Gasteiger partial charge in [0, 0.05) is 12.6 Å². The van der Waals surface area contributed by atoms with E-state index < -0.39 is 0 Å². The molecule has 2 aromatic rings. The van der Waals surface area contributed by atoms with Gasteiger partial charge in [0.15, 0.2) is 0 Å². The van der Waals surface area contributed by atoms with Gasteiger partial charge in [0.1, 0.15) is 0 Å². The zero-order chi connectivity index (χ0) is 15.1. The van der Waals surface area contributed by atoms with Gasteiger partial charge in [-0.2, -0.15) is 5.10 Å². The molecule has 1 N–H and O–H groups in total. The van der Waals surface area contributed by atoms with Crippen molar-refractivity contribution in [3.8, 4) is 0 Å². The first kappa shape index (κ1) is 15.8. The Morgan fingerprint density at radius 1 is 1.10 bits per heavy atom. The van der Waals surface area contributed by atoms with E-state index in [9.17, 15) is 5.11 Å². The number of aliphatic hydroxyl groups excluding tert-OH is 1. The summed E-state index contributed by atoms with van der Waals surface area (Å²) in [5.74, 6) is 0. The van der Waals surface area contributed by atoms with Crippen LogP contribution in [-0.4, -0.2) is 21.0 Å². The zero-order valence-corrected chi connectivity index (χ0v) is 13.1. The molecule has 0 bridgehead atoms. The molecular formula is C18H26N2O. The van der Waals surface area contributed by atoms with Crippen LogP contribution < -0.4 is 0 Å². The van der Waals surface area contributed by atoms with E-state index in [1.807, 2.05) is 35.1 Å². The third-order valence-corrected chi connectivity index (χ3v) is 4.03. The number of rotatable bonds is 8. The Balaban J connectivity index is 1.84. The van der Waals surface area contributed by atoms with Gasteiger partial charge in [-0.15, -0.1) is 0 Å². The molecule has 0 radical (unpaired) electrons. The Kier molecular flexibility index (Phi) is 6.00. The smallest absolute Gasteiger partial charge is 0.0650 e. The van der Waals surface area contributed by atoms with Crippen LogP contribution >= 0.6 is 0 Å². The van der Waals surface area contributed by atoms with Crippen molar-refractivity contribution in [2.75, 3.05) is 0 Å². The predicted octanol–water partition coefficient (Wildman–Crippen LogP) is 3.78. The minimum Gasteiger partial charge on any atom is -0.393 e. The molecule has 3 nitrogen and oxygen atoms in total. The largest absolute Gasteiger partial charge is 0.393 e. The Morgan fingerprint density at radius 2 is 1.81 bits per heavy atom. The molecule has 0 saturated heterocycles. The fourth-order valence-electron chi connectivity index (χ4n) is 2.67. The Morgan fingerprint density at radius 3 is 2.48 bits per heavy atom. The topological polar surface area (TPSA) is 38.0 Å². The average Bonchev–Trinajstić information content (AvgIpc) is 2.96. The lowest BCUT2D eigenvalue weighted by Gasteiger charge is -2.13. The van der Waals surface area contributed by atoms with Crippen molar-refractivity contribution in [2.24, 2.45) is 0 Å². The summed E-state index contributed by atoms with van der Waals surface area (Å²) in [4.78, 5) is 0. The van der Waals surface area contributed by atoms with Gasteiger partial charge in [-0.3, -0.25) is 4.68 Å². The molecule has 0 saturated carbocycles. The SMILES string of the molecule is CCC(CC)n1ccc(CC(O)CCc2ccccc2)n1. The summed E-state index contributed by atoms with van der Waals surface area (Å²) < 4.78 is 2.04. The molecule has 1 atom stereocenters. The molecule has 1 aromatic heterocycles. The minimum absolute atomic E-state index is 0.324. The van der Waals surface area contributed by atoms with Crippen LogP contribution in [0.2, 0.25) is 0 Å². The molecule has 0 fully saturated rings. The summed E-state index contributed by atoms with van der Waals surface area (Å²) in [5, 5.41) is 14.8. The van der Waals surface area contributed by atoms with E-state index in [4.69, 9.17) is 0 Å². The van der Waals surface area contributed by atoms with Gasteiger partial charge in [0.05, 0.1) is 17.8 Å². The maximum absolute atomic E-state index is 10.2. The van der Waals surface area contributed by atoms with Crippen molar-refractivity contribution < 1.29 is 5.11 Å². The first-order valence-corrected chi connectivity index (χ1v) is 7.99. The number of benzene rings is 1. The quantitative estimate of drug-likeness (QED) is 0.802. The van der Waals surface area contributed by atoms with Crippen LogP contribution in [0.3, 0.4) is 0 Å². The Bertz CT molecular complexity index is 517. The highest BCUT2D eigenvalue weighted by Gasteiger charge is 2.11. The molecule has 21 heavy (non-hydrogen) atoms. The summed E-state index contributed by atoms with van der Waals surface area (Å²) in [6.07, 6.45) is 6.23. The zero-order valence-electron chi connectivity index (χ0n) is 13.1. The standard InChI is InChI=1S/C18H26N2O/c1-3-17(4-2)20-13-12-16(19-20)14-18(21)11-10-15-8-6-5-7-9-15/h5-9,12-13,17-18,21H,3-4,10-11,14H2,1-2H3. The van der Waals surface area contributed by atoms with Crippen LogP contribution in [0, 0.1) is 0 Å². The monoisotopic (exact) mass is 286 g/mol. The molecule has 0 aliphatic carbocycles. The number of nitrogens with zero attached hydrogens (tertiary/aromatic N) is 2. The predicted molar refractivity (Wildman–Crippen MR) is 86.3 cm³/mol. The minimum atomic E-state index is -0.324. The van der Waals surface area contributed by atoms with E-state index in [-0.39, 0.29) is 6.10 Å². The summed E-state index contributed by atoms with van der Waals surface area (Å²) >= 11 is 0. The van der Waals surface area contributed by atoms with Gasteiger partial charge in [-0.25, -0.2) is 0 Å². The number of aryl methyl sites for hydroxylation is 1. The van der Waals surface area contributed by atoms with Crippen molar-refractivity contribution in [3.05, 3.63) is 53.9 Å². The van der Waals surface area contributed by atoms with Crippen molar-refractivity contribution in [1.29, 1.82) is 0 Å². The molecule has 0 spiro atoms. The molecular weight excluding hydrogens is 260 g/mol. The number of aromatic nitrogens is 2. The Hall–Kier alpha value is -1.61. The van der Waals surface area contributed by atoms with Gasteiger partial charge in [0.2, 0.25) is 0 Å². The molecule has 1 aromatic carbocycles. The van der Waals surface area contributed by atoms with E-state index in [0.717, 1.165) is 31.4 Å². The lowest BCUT2D eigenvalue weighted by atomic mass is 10.0. The van der Waals surface area contributed by atoms with Crippen molar-refractivity contribution >= 4 is 0 Å². The third-order valence-electron chi connectivity index (χ3n) is 4.03. The molecule has 0 amide bonds. The van der Waals surface area contributed by atoms with E-state index in [0.29, 0.717) is 12.5 Å². The van der Waals surface area contributed by atoms with E-state index in [1.165, 1.54) is 5.56 Å². The van der Waals surface area contributed by atoms with Crippen LogP contribution in [-0.2, 0) is 12.8 Å². The lowest BCUT2D eigenvalue weighted by molar-refractivity contribution is 0.163. The average molecular weight is 286 g/mol. The third kappa shape index (κ3) is 4.71. The van der Waals surface area contributed by atoms with Gasteiger partial charge in [-0.1, -0.05) is 44.2 Å². The van der Waals surface area contributed by atoms with Gasteiger partial charge < -0.3 is 5.11 Å². The van der Waals surface area contributed by atoms with Crippen LogP contribution in [0.25, 0.3) is 0 Å². The van der Waals surface area contributed by atoms with Crippen molar-refractivity contribution in [3.63, 3.8) is 0 Å². The molecule has 1 unspecified atom stereocenters. The first-order valence-electron chi connectivity index (χ1n) is 7.99. The highest BCUT2D eigenvalue weighted by atomic mass is 16.3. The number of aliphatic hydroxyl groups is 1. The normalized spacial score (nSPS) is 12.8. The molecule has 2 rings (SSSR count). The molecule has 0 aliphatic heterocycles. The number of hydrogen-bond acceptors (Lipinski definition) is 2. The summed E-state index contributed by atoms with van der Waals surface area (Å²) in [5.41, 5.74) is 2.27. The van der Waals surface area contributed by atoms with E-state index in [2.05, 4.69) is 31.1 Å². The lowest BCUT2D eigenvalue weighted by Crippen LogP contribution is -2.13. The fourth-order valence-corrected chi connectivity index (χ4v) is 2.67. The molecule has 1 heterocycles. The fraction of sp³-hybridized carbons (Fsp3) is 0.500. The number of hydrogen-bond donors (Lipinski definition) is 1. The maximum Gasteiger partial charge on any atom is 0.0650 e. The maximum atomic E-state index is 10.2. The second kappa shape index (κ2) is 7.99. The first-order chi connectivity index (χ1) is 10.2. The van der Waals surface area contributed by atoms with E-state index in [1.54, 1.807) is 0 Å². The van der Waals surface area contributed by atoms with Gasteiger partial charge in [-0.05, 0) is 37.3 Å². The van der Waals surface area contributed by atoms with Crippen LogP contribution in [0.4, 0.5) is 0 Å². The van der Waals surface area contributed by atoms with Crippen LogP contribution in [0.1, 0.15) is 50.4 Å². The highest BCUT2D eigenvalue weighted by Crippen LogP contribution is 2.15. The van der Waals surface area contributed by atoms with Crippen molar-refractivity contribution in [1.82, 2.24) is 9.78 Å². The Labute approximate surface area is 127 Å². The summed E-state index contributed by atoms with van der Waals surface area (Å²) in [6, 6.07) is 12.8. The van der Waals surface area contributed by atoms with Crippen molar-refractivity contribution in [2.45, 2.75) is 58.1 Å². The summed E-state index contributed by atoms with van der Waals surface area (Å²) in [6.45, 7) is 4.37. The molecule has 3 heteroatoms. The molecule has 114 valence electrons. The second-order valence-corrected chi connectivity index (χ2v) is 5.64. The summed E-state index contributed by atoms with van der Waals surface area (Å²) in [7, 11) is 0. The second-order valence-electron chi connectivity index (χ2n) is 5.64. The van der Waals surface area contributed by atoms with Crippen LogP contribution in [0.5, 0.6) is 0 Å². The van der Waals surface area contributed by atoms with Gasteiger partial charge >= 0.3 is 0 Å². The van der Waals surface area contributed by atoms with Gasteiger partial charge in [0.25, 0.3) is 0 Å². The van der Waals surface area contributed by atoms with Crippen LogP contribution in [0.15, 0.2) is 42.6 Å².